The van der Waals surface area contributed by atoms with Crippen LogP contribution < -0.4 is 20.1 Å². The van der Waals surface area contributed by atoms with Crippen molar-refractivity contribution in [3.63, 3.8) is 0 Å². The van der Waals surface area contributed by atoms with E-state index in [-0.39, 0.29) is 18.3 Å². The van der Waals surface area contributed by atoms with E-state index in [0.29, 0.717) is 36.8 Å². The van der Waals surface area contributed by atoms with Crippen molar-refractivity contribution in [3.05, 3.63) is 18.2 Å². The topological polar surface area (TPSA) is 96.9 Å². The fourth-order valence-corrected chi connectivity index (χ4v) is 2.44. The number of hydrogen-bond donors (Lipinski definition) is 3. The van der Waals surface area contributed by atoms with Crippen molar-refractivity contribution in [3.8, 4) is 11.5 Å². The molecule has 1 aliphatic rings. The third kappa shape index (κ3) is 6.10. The lowest BCUT2D eigenvalue weighted by atomic mass is 10.1. The minimum Gasteiger partial charge on any atom is -0.490 e. The van der Waals surface area contributed by atoms with E-state index in [1.165, 1.54) is 0 Å². The number of amides is 1. The maximum absolute atomic E-state index is 12.3. The van der Waals surface area contributed by atoms with Gasteiger partial charge in [-0.05, 0) is 25.5 Å². The van der Waals surface area contributed by atoms with E-state index in [9.17, 15) is 9.59 Å². The van der Waals surface area contributed by atoms with Crippen molar-refractivity contribution >= 4 is 30.0 Å². The average Bonchev–Trinajstić information content (AvgIpc) is 2.79. The van der Waals surface area contributed by atoms with Crippen LogP contribution in [-0.4, -0.2) is 42.3 Å². The van der Waals surface area contributed by atoms with Crippen LogP contribution in [-0.2, 0) is 9.59 Å². The number of carbonyl (C=O) groups excluding carboxylic acids is 1. The van der Waals surface area contributed by atoms with E-state index in [4.69, 9.17) is 14.6 Å². The highest BCUT2D eigenvalue weighted by atomic mass is 35.5. The molecular formula is C17H25ClN2O5. The number of rotatable bonds is 7. The minimum absolute atomic E-state index is 0. The maximum Gasteiger partial charge on any atom is 0.320 e. The molecule has 1 heterocycles. The molecule has 0 fully saturated rings. The Morgan fingerprint density at radius 1 is 1.24 bits per heavy atom. The molecule has 0 saturated heterocycles. The van der Waals surface area contributed by atoms with Crippen molar-refractivity contribution < 1.29 is 24.2 Å². The summed E-state index contributed by atoms with van der Waals surface area (Å²) >= 11 is 0. The fraction of sp³-hybridized carbons (Fsp3) is 0.529. The van der Waals surface area contributed by atoms with Crippen LogP contribution in [0.5, 0.6) is 11.5 Å². The Hall–Kier alpha value is -1.99. The Labute approximate surface area is 153 Å². The molecule has 2 unspecified atom stereocenters. The Balaban J connectivity index is 0.00000312. The SMILES string of the molecule is CCCC(NC(C)C(=O)Nc1ccc2c(c1)OCCCO2)C(=O)O.Cl. The smallest absolute Gasteiger partial charge is 0.320 e. The summed E-state index contributed by atoms with van der Waals surface area (Å²) in [5, 5.41) is 14.8. The summed E-state index contributed by atoms with van der Waals surface area (Å²) in [4.78, 5) is 23.4. The summed E-state index contributed by atoms with van der Waals surface area (Å²) in [6.07, 6.45) is 2.00. The molecule has 0 radical (unpaired) electrons. The highest BCUT2D eigenvalue weighted by Crippen LogP contribution is 2.32. The Morgan fingerprint density at radius 2 is 1.92 bits per heavy atom. The summed E-state index contributed by atoms with van der Waals surface area (Å²) in [6.45, 7) is 4.72. The number of aliphatic carboxylic acids is 1. The zero-order valence-corrected chi connectivity index (χ0v) is 15.2. The monoisotopic (exact) mass is 372 g/mol. The van der Waals surface area contributed by atoms with Crippen LogP contribution in [0, 0.1) is 0 Å². The number of carboxylic acids is 1. The van der Waals surface area contributed by atoms with Gasteiger partial charge in [0.25, 0.3) is 0 Å². The summed E-state index contributed by atoms with van der Waals surface area (Å²) in [6, 6.07) is 3.84. The Kier molecular flexibility index (Phi) is 8.51. The number of anilines is 1. The van der Waals surface area contributed by atoms with E-state index >= 15 is 0 Å². The number of benzene rings is 1. The summed E-state index contributed by atoms with van der Waals surface area (Å²) in [5.41, 5.74) is 0.584. The third-order valence-electron chi connectivity index (χ3n) is 3.73. The summed E-state index contributed by atoms with van der Waals surface area (Å²) < 4.78 is 11.1. The molecule has 2 rings (SSSR count). The van der Waals surface area contributed by atoms with E-state index in [1.54, 1.807) is 25.1 Å². The average molecular weight is 373 g/mol. The highest BCUT2D eigenvalue weighted by Gasteiger charge is 2.22. The predicted octanol–water partition coefficient (Wildman–Crippen LogP) is 2.44. The first-order valence-electron chi connectivity index (χ1n) is 8.20. The van der Waals surface area contributed by atoms with E-state index in [0.717, 1.165) is 12.8 Å². The van der Waals surface area contributed by atoms with Crippen LogP contribution in [0.1, 0.15) is 33.1 Å². The van der Waals surface area contributed by atoms with Crippen molar-refractivity contribution in [1.82, 2.24) is 5.32 Å². The van der Waals surface area contributed by atoms with Gasteiger partial charge in [0, 0.05) is 18.2 Å². The van der Waals surface area contributed by atoms with Crippen molar-refractivity contribution in [1.29, 1.82) is 0 Å². The number of nitrogens with one attached hydrogen (secondary N) is 2. The van der Waals surface area contributed by atoms with Gasteiger partial charge in [0.2, 0.25) is 5.91 Å². The van der Waals surface area contributed by atoms with Crippen molar-refractivity contribution in [2.45, 2.75) is 45.2 Å². The van der Waals surface area contributed by atoms with Gasteiger partial charge in [-0.2, -0.15) is 0 Å². The van der Waals surface area contributed by atoms with Gasteiger partial charge in [-0.3, -0.25) is 14.9 Å². The molecule has 1 aromatic carbocycles. The molecule has 0 aliphatic carbocycles. The lowest BCUT2D eigenvalue weighted by molar-refractivity contribution is -0.140. The first kappa shape index (κ1) is 21.1. The second kappa shape index (κ2) is 10.1. The molecule has 2 atom stereocenters. The van der Waals surface area contributed by atoms with Gasteiger partial charge in [0.15, 0.2) is 11.5 Å². The van der Waals surface area contributed by atoms with Crippen LogP contribution >= 0.6 is 12.4 Å². The number of carboxylic acid groups (broad SMARTS) is 1. The number of fused-ring (bicyclic) bond motifs is 1. The minimum atomic E-state index is -0.952. The molecule has 3 N–H and O–H groups in total. The zero-order valence-electron chi connectivity index (χ0n) is 14.4. The largest absolute Gasteiger partial charge is 0.490 e. The zero-order chi connectivity index (χ0) is 17.5. The molecular weight excluding hydrogens is 348 g/mol. The van der Waals surface area contributed by atoms with E-state index < -0.39 is 18.1 Å². The van der Waals surface area contributed by atoms with Crippen LogP contribution in [0.15, 0.2) is 18.2 Å². The van der Waals surface area contributed by atoms with E-state index in [1.807, 2.05) is 6.92 Å². The third-order valence-corrected chi connectivity index (χ3v) is 3.73. The van der Waals surface area contributed by atoms with Crippen LogP contribution in [0.2, 0.25) is 0 Å². The van der Waals surface area contributed by atoms with Crippen molar-refractivity contribution in [2.24, 2.45) is 0 Å². The molecule has 8 heteroatoms. The molecule has 1 aliphatic heterocycles. The summed E-state index contributed by atoms with van der Waals surface area (Å²) in [7, 11) is 0. The van der Waals surface area contributed by atoms with Crippen LogP contribution in [0.4, 0.5) is 5.69 Å². The van der Waals surface area contributed by atoms with Gasteiger partial charge in [-0.15, -0.1) is 12.4 Å². The molecule has 0 bridgehead atoms. The highest BCUT2D eigenvalue weighted by molar-refractivity contribution is 5.95. The molecule has 7 nitrogen and oxygen atoms in total. The van der Waals surface area contributed by atoms with Gasteiger partial charge in [-0.1, -0.05) is 13.3 Å². The number of hydrogen-bond acceptors (Lipinski definition) is 5. The molecule has 140 valence electrons. The Morgan fingerprint density at radius 3 is 2.56 bits per heavy atom. The van der Waals surface area contributed by atoms with Gasteiger partial charge in [0.1, 0.15) is 6.04 Å². The van der Waals surface area contributed by atoms with Gasteiger partial charge < -0.3 is 19.9 Å². The van der Waals surface area contributed by atoms with Gasteiger partial charge in [0.05, 0.1) is 19.3 Å². The number of carbonyl (C=O) groups is 2. The first-order valence-corrected chi connectivity index (χ1v) is 8.20. The normalized spacial score (nSPS) is 15.3. The molecule has 0 saturated carbocycles. The second-order valence-corrected chi connectivity index (χ2v) is 5.77. The first-order chi connectivity index (χ1) is 11.5. The van der Waals surface area contributed by atoms with Gasteiger partial charge >= 0.3 is 5.97 Å². The standard InChI is InChI=1S/C17H24N2O5.ClH/c1-3-5-13(17(21)22)18-11(2)16(20)19-12-6-7-14-15(10-12)24-9-4-8-23-14;/h6-7,10-11,13,18H,3-5,8-9H2,1-2H3,(H,19,20)(H,21,22);1H. The number of ether oxygens (including phenoxy) is 2. The quantitative estimate of drug-likeness (QED) is 0.680. The van der Waals surface area contributed by atoms with Crippen LogP contribution in [0.25, 0.3) is 0 Å². The second-order valence-electron chi connectivity index (χ2n) is 5.77. The lowest BCUT2D eigenvalue weighted by Crippen LogP contribution is -2.47. The molecule has 25 heavy (non-hydrogen) atoms. The van der Waals surface area contributed by atoms with Crippen molar-refractivity contribution in [2.75, 3.05) is 18.5 Å². The molecule has 0 aromatic heterocycles. The predicted molar refractivity (Wildman–Crippen MR) is 96.9 cm³/mol. The summed E-state index contributed by atoms with van der Waals surface area (Å²) in [5.74, 6) is 0.00444. The molecule has 1 amide bonds. The van der Waals surface area contributed by atoms with E-state index in [2.05, 4.69) is 10.6 Å². The Bertz CT molecular complexity index is 596. The lowest BCUT2D eigenvalue weighted by Gasteiger charge is -2.19. The number of halogens is 1. The van der Waals surface area contributed by atoms with Gasteiger partial charge in [-0.25, -0.2) is 0 Å². The molecule has 1 aromatic rings. The molecule has 0 spiro atoms. The van der Waals surface area contributed by atoms with Crippen LogP contribution in [0.3, 0.4) is 0 Å². The fourth-order valence-electron chi connectivity index (χ4n) is 2.44. The maximum atomic E-state index is 12.3.